The van der Waals surface area contributed by atoms with Gasteiger partial charge in [0, 0.05) is 43.9 Å². The van der Waals surface area contributed by atoms with Crippen LogP contribution in [-0.2, 0) is 15.7 Å². The number of halogens is 3. The lowest BCUT2D eigenvalue weighted by Gasteiger charge is -2.43. The molecule has 2 aromatic carbocycles. The second-order valence-corrected chi connectivity index (χ2v) is 9.12. The van der Waals surface area contributed by atoms with Gasteiger partial charge >= 0.3 is 6.18 Å². The summed E-state index contributed by atoms with van der Waals surface area (Å²) in [5, 5.41) is 9.11. The van der Waals surface area contributed by atoms with Crippen molar-refractivity contribution >= 4 is 11.6 Å². The van der Waals surface area contributed by atoms with Gasteiger partial charge in [-0.15, -0.1) is 0 Å². The van der Waals surface area contributed by atoms with Crippen molar-refractivity contribution in [3.8, 4) is 11.8 Å². The minimum atomic E-state index is -4.61. The average Bonchev–Trinajstić information content (AvgIpc) is 3.25. The van der Waals surface area contributed by atoms with Gasteiger partial charge in [0.2, 0.25) is 0 Å². The predicted octanol–water partition coefficient (Wildman–Crippen LogP) is 4.35. The van der Waals surface area contributed by atoms with Crippen LogP contribution in [0.25, 0.3) is 0 Å². The van der Waals surface area contributed by atoms with Crippen LogP contribution in [0.1, 0.15) is 24.5 Å². The quantitative estimate of drug-likeness (QED) is 0.581. The molecule has 2 aromatic rings. The van der Waals surface area contributed by atoms with E-state index in [0.717, 1.165) is 12.5 Å². The minimum Gasteiger partial charge on any atom is -0.484 e. The third-order valence-electron chi connectivity index (χ3n) is 6.91. The van der Waals surface area contributed by atoms with Crippen LogP contribution < -0.4 is 9.64 Å². The van der Waals surface area contributed by atoms with E-state index in [1.165, 1.54) is 6.07 Å². The third-order valence-corrected chi connectivity index (χ3v) is 6.91. The molecule has 0 aromatic heterocycles. The summed E-state index contributed by atoms with van der Waals surface area (Å²) in [6.45, 7) is 4.79. The molecule has 0 N–H and O–H groups in total. The number of nitrogens with zero attached hydrogens (tertiary/aromatic N) is 3. The molecule has 0 saturated carbocycles. The highest BCUT2D eigenvalue weighted by atomic mass is 19.4. The van der Waals surface area contributed by atoms with Gasteiger partial charge in [0.25, 0.3) is 5.91 Å². The number of piperidine rings is 1. The standard InChI is InChI=1S/C26H28F3N3O3/c1-2-34-18-25-16-31(24(33)15-35-22-6-4-3-5-7-22)11-10-20(25)14-32(17-25)21-9-8-19(13-30)23(12-21)26(27,28)29/h3-9,12,20H,2,10-11,14-18H2,1H3/t20-,25+/m0/s1. The van der Waals surface area contributed by atoms with E-state index in [1.807, 2.05) is 30.0 Å². The van der Waals surface area contributed by atoms with Crippen molar-refractivity contribution in [3.05, 3.63) is 59.7 Å². The molecule has 2 aliphatic heterocycles. The maximum atomic E-state index is 13.5. The lowest BCUT2D eigenvalue weighted by Crippen LogP contribution is -2.54. The Labute approximate surface area is 202 Å². The van der Waals surface area contributed by atoms with E-state index in [9.17, 15) is 18.0 Å². The first-order chi connectivity index (χ1) is 16.8. The van der Waals surface area contributed by atoms with Crippen molar-refractivity contribution in [1.82, 2.24) is 4.90 Å². The van der Waals surface area contributed by atoms with Crippen molar-refractivity contribution in [1.29, 1.82) is 5.26 Å². The molecule has 4 rings (SSSR count). The fourth-order valence-electron chi connectivity index (χ4n) is 5.12. The summed E-state index contributed by atoms with van der Waals surface area (Å²) in [6, 6.07) is 14.6. The normalized spacial score (nSPS) is 22.0. The minimum absolute atomic E-state index is 0.0757. The zero-order chi connectivity index (χ0) is 25.1. The van der Waals surface area contributed by atoms with Crippen LogP contribution in [0, 0.1) is 22.7 Å². The Morgan fingerprint density at radius 3 is 2.66 bits per heavy atom. The number of para-hydroxylation sites is 1. The Morgan fingerprint density at radius 1 is 1.20 bits per heavy atom. The molecular weight excluding hydrogens is 459 g/mol. The van der Waals surface area contributed by atoms with E-state index in [1.54, 1.807) is 29.2 Å². The number of ether oxygens (including phenoxy) is 2. The predicted molar refractivity (Wildman–Crippen MR) is 124 cm³/mol. The van der Waals surface area contributed by atoms with Gasteiger partial charge in [-0.05, 0) is 49.6 Å². The SMILES string of the molecule is CCOC[C@]12CN(C(=O)COc3ccccc3)CC[C@H]1CN(c1ccc(C#N)c(C(F)(F)F)c1)C2. The summed E-state index contributed by atoms with van der Waals surface area (Å²) < 4.78 is 52.0. The maximum absolute atomic E-state index is 13.5. The molecule has 0 unspecified atom stereocenters. The maximum Gasteiger partial charge on any atom is 0.417 e. The molecule has 186 valence electrons. The number of carbonyl (C=O) groups is 1. The summed E-state index contributed by atoms with van der Waals surface area (Å²) in [4.78, 5) is 16.6. The van der Waals surface area contributed by atoms with E-state index in [2.05, 4.69) is 0 Å². The van der Waals surface area contributed by atoms with Gasteiger partial charge in [-0.3, -0.25) is 4.79 Å². The molecule has 1 amide bonds. The Kier molecular flexibility index (Phi) is 7.22. The Balaban J connectivity index is 1.52. The van der Waals surface area contributed by atoms with Gasteiger partial charge in [0.05, 0.1) is 23.8 Å². The summed E-state index contributed by atoms with van der Waals surface area (Å²) in [5.74, 6) is 0.658. The number of hydrogen-bond donors (Lipinski definition) is 0. The van der Waals surface area contributed by atoms with Crippen LogP contribution in [0.3, 0.4) is 0 Å². The highest BCUT2D eigenvalue weighted by molar-refractivity contribution is 5.78. The number of rotatable bonds is 7. The molecule has 0 aliphatic carbocycles. The van der Waals surface area contributed by atoms with Crippen molar-refractivity contribution in [2.75, 3.05) is 50.9 Å². The Hall–Kier alpha value is -3.25. The molecule has 6 nitrogen and oxygen atoms in total. The van der Waals surface area contributed by atoms with Crippen LogP contribution in [0.15, 0.2) is 48.5 Å². The number of amides is 1. The molecule has 2 heterocycles. The van der Waals surface area contributed by atoms with E-state index < -0.39 is 22.7 Å². The number of likely N-dealkylation sites (tertiary alicyclic amines) is 1. The van der Waals surface area contributed by atoms with E-state index >= 15 is 0 Å². The number of carbonyl (C=O) groups excluding carboxylic acids is 1. The van der Waals surface area contributed by atoms with Crippen LogP contribution >= 0.6 is 0 Å². The van der Waals surface area contributed by atoms with Gasteiger partial charge in [0.15, 0.2) is 6.61 Å². The molecule has 2 atom stereocenters. The first-order valence-electron chi connectivity index (χ1n) is 11.7. The highest BCUT2D eigenvalue weighted by Gasteiger charge is 2.51. The van der Waals surface area contributed by atoms with Crippen molar-refractivity contribution in [2.24, 2.45) is 11.3 Å². The van der Waals surface area contributed by atoms with Gasteiger partial charge in [0.1, 0.15) is 5.75 Å². The second kappa shape index (κ2) is 10.2. The molecule has 2 aliphatic rings. The summed E-state index contributed by atoms with van der Waals surface area (Å²) in [5.41, 5.74) is -1.30. The van der Waals surface area contributed by atoms with Crippen LogP contribution in [0.2, 0.25) is 0 Å². The lowest BCUT2D eigenvalue weighted by atomic mass is 9.74. The lowest BCUT2D eigenvalue weighted by molar-refractivity contribution is -0.139. The second-order valence-electron chi connectivity index (χ2n) is 9.12. The molecule has 0 radical (unpaired) electrons. The molecule has 2 fully saturated rings. The number of nitriles is 1. The van der Waals surface area contributed by atoms with Gasteiger partial charge in [-0.1, -0.05) is 18.2 Å². The van der Waals surface area contributed by atoms with Gasteiger partial charge in [-0.25, -0.2) is 0 Å². The molecule has 2 saturated heterocycles. The van der Waals surface area contributed by atoms with Crippen molar-refractivity contribution in [3.63, 3.8) is 0 Å². The first kappa shape index (κ1) is 24.9. The van der Waals surface area contributed by atoms with E-state index in [0.29, 0.717) is 50.8 Å². The number of benzene rings is 2. The first-order valence-corrected chi connectivity index (χ1v) is 11.7. The van der Waals surface area contributed by atoms with Crippen LogP contribution in [-0.4, -0.2) is 56.8 Å². The molecule has 0 spiro atoms. The van der Waals surface area contributed by atoms with Crippen molar-refractivity contribution in [2.45, 2.75) is 19.5 Å². The molecular formula is C26H28F3N3O3. The molecule has 0 bridgehead atoms. The van der Waals surface area contributed by atoms with Crippen LogP contribution in [0.5, 0.6) is 5.75 Å². The fourth-order valence-corrected chi connectivity index (χ4v) is 5.12. The number of fused-ring (bicyclic) bond motifs is 1. The summed E-state index contributed by atoms with van der Waals surface area (Å²) in [7, 11) is 0. The monoisotopic (exact) mass is 487 g/mol. The van der Waals surface area contributed by atoms with Crippen molar-refractivity contribution < 1.29 is 27.4 Å². The summed E-state index contributed by atoms with van der Waals surface area (Å²) in [6.07, 6.45) is -3.89. The smallest absolute Gasteiger partial charge is 0.417 e. The third kappa shape index (κ3) is 5.38. The Morgan fingerprint density at radius 2 is 1.97 bits per heavy atom. The Bertz CT molecular complexity index is 1090. The van der Waals surface area contributed by atoms with Gasteiger partial charge in [-0.2, -0.15) is 18.4 Å². The molecule has 9 heteroatoms. The average molecular weight is 488 g/mol. The number of hydrogen-bond acceptors (Lipinski definition) is 5. The number of anilines is 1. The molecule has 35 heavy (non-hydrogen) atoms. The van der Waals surface area contributed by atoms with E-state index in [-0.39, 0.29) is 18.4 Å². The number of alkyl halides is 3. The highest BCUT2D eigenvalue weighted by Crippen LogP contribution is 2.45. The van der Waals surface area contributed by atoms with Crippen LogP contribution in [0.4, 0.5) is 18.9 Å². The summed E-state index contributed by atoms with van der Waals surface area (Å²) >= 11 is 0. The fraction of sp³-hybridized carbons (Fsp3) is 0.462. The largest absolute Gasteiger partial charge is 0.484 e. The zero-order valence-electron chi connectivity index (χ0n) is 19.6. The van der Waals surface area contributed by atoms with E-state index in [4.69, 9.17) is 14.7 Å². The zero-order valence-corrected chi connectivity index (χ0v) is 19.6. The topological polar surface area (TPSA) is 65.8 Å². The van der Waals surface area contributed by atoms with Gasteiger partial charge < -0.3 is 19.3 Å².